The van der Waals surface area contributed by atoms with Crippen LogP contribution >= 0.6 is 0 Å². The summed E-state index contributed by atoms with van der Waals surface area (Å²) in [5, 5.41) is 14.1. The molecule has 0 radical (unpaired) electrons. The molecular weight excluding hydrogens is 164 g/mol. The van der Waals surface area contributed by atoms with Crippen molar-refractivity contribution in [3.8, 4) is 0 Å². The van der Waals surface area contributed by atoms with Gasteiger partial charge in [0.25, 0.3) is 0 Å². The monoisotopic (exact) mass is 178 g/mol. The molecule has 70 valence electrons. The van der Waals surface area contributed by atoms with E-state index in [1.54, 1.807) is 6.92 Å². The standard InChI is InChI=1S/C9H14N4/c1-6-3-9(13-12-6)4-8(5-10)7(2)11/h3,5,10H,4,11H2,1-2H3,(H,12,13). The van der Waals surface area contributed by atoms with Gasteiger partial charge in [0.2, 0.25) is 0 Å². The minimum atomic E-state index is 0.621. The first-order valence-corrected chi connectivity index (χ1v) is 4.10. The van der Waals surface area contributed by atoms with E-state index in [2.05, 4.69) is 10.2 Å². The molecule has 0 spiro atoms. The number of H-pyrrole nitrogens is 1. The first-order chi connectivity index (χ1) is 6.13. The average molecular weight is 178 g/mol. The van der Waals surface area contributed by atoms with Crippen LogP contribution < -0.4 is 5.73 Å². The normalized spacial score (nSPS) is 12.5. The van der Waals surface area contributed by atoms with Crippen LogP contribution in [0.1, 0.15) is 18.3 Å². The number of allylic oxidation sites excluding steroid dienone is 2. The maximum Gasteiger partial charge on any atom is 0.0669 e. The van der Waals surface area contributed by atoms with Crippen LogP contribution in [-0.2, 0) is 6.42 Å². The molecule has 1 aromatic heterocycles. The maximum atomic E-state index is 7.15. The molecular formula is C9H14N4. The van der Waals surface area contributed by atoms with E-state index >= 15 is 0 Å². The van der Waals surface area contributed by atoms with Crippen molar-refractivity contribution in [3.05, 3.63) is 28.7 Å². The summed E-state index contributed by atoms with van der Waals surface area (Å²) in [7, 11) is 0. The lowest BCUT2D eigenvalue weighted by Gasteiger charge is -1.99. The first-order valence-electron chi connectivity index (χ1n) is 4.10. The largest absolute Gasteiger partial charge is 0.402 e. The van der Waals surface area contributed by atoms with E-state index in [4.69, 9.17) is 11.1 Å². The highest BCUT2D eigenvalue weighted by atomic mass is 15.1. The number of aromatic nitrogens is 2. The Morgan fingerprint density at radius 2 is 2.46 bits per heavy atom. The molecule has 0 saturated heterocycles. The van der Waals surface area contributed by atoms with Gasteiger partial charge < -0.3 is 11.1 Å². The van der Waals surface area contributed by atoms with E-state index in [9.17, 15) is 0 Å². The molecule has 0 aliphatic rings. The van der Waals surface area contributed by atoms with Crippen molar-refractivity contribution in [2.75, 3.05) is 0 Å². The highest BCUT2D eigenvalue weighted by Gasteiger charge is 2.02. The Morgan fingerprint density at radius 1 is 1.77 bits per heavy atom. The average Bonchev–Trinajstić information content (AvgIpc) is 2.46. The van der Waals surface area contributed by atoms with E-state index in [0.717, 1.165) is 17.0 Å². The molecule has 13 heavy (non-hydrogen) atoms. The summed E-state index contributed by atoms with van der Waals surface area (Å²) in [6.07, 6.45) is 1.90. The minimum Gasteiger partial charge on any atom is -0.402 e. The van der Waals surface area contributed by atoms with Crippen LogP contribution in [0.4, 0.5) is 0 Å². The van der Waals surface area contributed by atoms with Crippen molar-refractivity contribution in [1.82, 2.24) is 10.2 Å². The third-order valence-electron chi connectivity index (χ3n) is 1.81. The van der Waals surface area contributed by atoms with Gasteiger partial charge >= 0.3 is 0 Å². The zero-order valence-electron chi connectivity index (χ0n) is 7.89. The zero-order valence-corrected chi connectivity index (χ0v) is 7.89. The van der Waals surface area contributed by atoms with Gasteiger partial charge in [0, 0.05) is 24.0 Å². The van der Waals surface area contributed by atoms with Crippen LogP contribution in [-0.4, -0.2) is 16.4 Å². The topological polar surface area (TPSA) is 78.5 Å². The van der Waals surface area contributed by atoms with Gasteiger partial charge in [-0.15, -0.1) is 0 Å². The summed E-state index contributed by atoms with van der Waals surface area (Å²) in [5.74, 6) is 0. The molecule has 1 rings (SSSR count). The van der Waals surface area contributed by atoms with Crippen molar-refractivity contribution < 1.29 is 0 Å². The van der Waals surface area contributed by atoms with Crippen molar-refractivity contribution >= 4 is 6.21 Å². The van der Waals surface area contributed by atoms with E-state index < -0.39 is 0 Å². The minimum absolute atomic E-state index is 0.621. The van der Waals surface area contributed by atoms with E-state index in [0.29, 0.717) is 12.1 Å². The fourth-order valence-corrected chi connectivity index (χ4v) is 1.06. The lowest BCUT2D eigenvalue weighted by Crippen LogP contribution is -2.02. The van der Waals surface area contributed by atoms with Crippen LogP contribution in [0.25, 0.3) is 0 Å². The van der Waals surface area contributed by atoms with E-state index in [1.165, 1.54) is 6.21 Å². The van der Waals surface area contributed by atoms with E-state index in [-0.39, 0.29) is 0 Å². The number of rotatable bonds is 3. The second-order valence-electron chi connectivity index (χ2n) is 3.07. The van der Waals surface area contributed by atoms with Gasteiger partial charge in [-0.3, -0.25) is 5.10 Å². The van der Waals surface area contributed by atoms with Gasteiger partial charge in [0.15, 0.2) is 0 Å². The molecule has 0 bridgehead atoms. The summed E-state index contributed by atoms with van der Waals surface area (Å²) >= 11 is 0. The molecule has 0 saturated carbocycles. The number of aryl methyl sites for hydroxylation is 1. The molecule has 4 nitrogen and oxygen atoms in total. The Bertz CT molecular complexity index is 331. The van der Waals surface area contributed by atoms with Gasteiger partial charge in [-0.1, -0.05) is 0 Å². The van der Waals surface area contributed by atoms with Crippen LogP contribution in [0.5, 0.6) is 0 Å². The smallest absolute Gasteiger partial charge is 0.0669 e. The molecule has 0 aliphatic heterocycles. The highest BCUT2D eigenvalue weighted by molar-refractivity contribution is 5.77. The number of nitrogens with one attached hydrogen (secondary N) is 2. The summed E-state index contributed by atoms with van der Waals surface area (Å²) in [4.78, 5) is 0. The van der Waals surface area contributed by atoms with Crippen molar-refractivity contribution in [1.29, 1.82) is 5.41 Å². The van der Waals surface area contributed by atoms with E-state index in [1.807, 2.05) is 13.0 Å². The number of nitrogens with zero attached hydrogens (tertiary/aromatic N) is 1. The third-order valence-corrected chi connectivity index (χ3v) is 1.81. The highest BCUT2D eigenvalue weighted by Crippen LogP contribution is 2.06. The lowest BCUT2D eigenvalue weighted by molar-refractivity contribution is 0.977. The number of hydrogen-bond acceptors (Lipinski definition) is 3. The Balaban J connectivity index is 2.79. The van der Waals surface area contributed by atoms with Crippen LogP contribution in [0.2, 0.25) is 0 Å². The molecule has 4 N–H and O–H groups in total. The number of nitrogens with two attached hydrogens (primary N) is 1. The molecule has 0 aliphatic carbocycles. The van der Waals surface area contributed by atoms with Crippen LogP contribution in [0, 0.1) is 12.3 Å². The lowest BCUT2D eigenvalue weighted by atomic mass is 10.1. The van der Waals surface area contributed by atoms with Gasteiger partial charge in [-0.05, 0) is 25.5 Å². The molecule has 0 fully saturated rings. The predicted molar refractivity (Wildman–Crippen MR) is 52.7 cm³/mol. The first kappa shape index (κ1) is 9.51. The Kier molecular flexibility index (Phi) is 2.84. The van der Waals surface area contributed by atoms with Crippen molar-refractivity contribution in [2.24, 2.45) is 5.73 Å². The number of hydrogen-bond donors (Lipinski definition) is 3. The SMILES string of the molecule is CC(N)=C(C=N)Cc1cc(C)[nH]n1. The molecule has 1 heterocycles. The quantitative estimate of drug-likeness (QED) is 0.607. The molecule has 0 aromatic carbocycles. The Labute approximate surface area is 77.4 Å². The fourth-order valence-electron chi connectivity index (χ4n) is 1.06. The van der Waals surface area contributed by atoms with Gasteiger partial charge in [0.05, 0.1) is 5.69 Å². The Hall–Kier alpha value is -1.58. The van der Waals surface area contributed by atoms with Gasteiger partial charge in [0.1, 0.15) is 0 Å². The van der Waals surface area contributed by atoms with Gasteiger partial charge in [-0.25, -0.2) is 0 Å². The zero-order chi connectivity index (χ0) is 9.84. The van der Waals surface area contributed by atoms with Crippen molar-refractivity contribution in [3.63, 3.8) is 0 Å². The Morgan fingerprint density at radius 3 is 2.85 bits per heavy atom. The second-order valence-corrected chi connectivity index (χ2v) is 3.07. The summed E-state index contributed by atoms with van der Waals surface area (Å²) in [5.41, 5.74) is 9.02. The fraction of sp³-hybridized carbons (Fsp3) is 0.333. The summed E-state index contributed by atoms with van der Waals surface area (Å²) in [6.45, 7) is 3.74. The molecule has 4 heteroatoms. The summed E-state index contributed by atoms with van der Waals surface area (Å²) < 4.78 is 0. The van der Waals surface area contributed by atoms with Crippen LogP contribution in [0.3, 0.4) is 0 Å². The molecule has 0 atom stereocenters. The maximum absolute atomic E-state index is 7.15. The van der Waals surface area contributed by atoms with Crippen molar-refractivity contribution in [2.45, 2.75) is 20.3 Å². The molecule has 1 aromatic rings. The van der Waals surface area contributed by atoms with Crippen LogP contribution in [0.15, 0.2) is 17.3 Å². The number of aromatic amines is 1. The third kappa shape index (κ3) is 2.43. The molecule has 0 amide bonds. The summed E-state index contributed by atoms with van der Waals surface area (Å²) in [6, 6.07) is 1.95. The molecule has 0 unspecified atom stereocenters. The van der Waals surface area contributed by atoms with Gasteiger partial charge in [-0.2, -0.15) is 5.10 Å². The predicted octanol–water partition coefficient (Wildman–Crippen LogP) is 1.14. The second kappa shape index (κ2) is 3.89.